The monoisotopic (exact) mass is 281 g/mol. The van der Waals surface area contributed by atoms with Gasteiger partial charge in [0.1, 0.15) is 0 Å². The SMILES string of the molecule is CC(C)Cn1cc2c(cc1=O)C(=O)c1ccccc1C2=O. The number of fused-ring (bicyclic) bond motifs is 2. The number of pyridine rings is 1. The van der Waals surface area contributed by atoms with Gasteiger partial charge >= 0.3 is 0 Å². The third-order valence-corrected chi connectivity index (χ3v) is 3.59. The minimum absolute atomic E-state index is 0.197. The van der Waals surface area contributed by atoms with Crippen LogP contribution in [0, 0.1) is 5.92 Å². The minimum Gasteiger partial charge on any atom is -0.314 e. The van der Waals surface area contributed by atoms with Crippen molar-refractivity contribution < 1.29 is 9.59 Å². The molecule has 2 aromatic rings. The third kappa shape index (κ3) is 2.13. The Hall–Kier alpha value is -2.49. The van der Waals surface area contributed by atoms with Gasteiger partial charge in [-0.05, 0) is 5.92 Å². The molecular weight excluding hydrogens is 266 g/mol. The molecule has 0 spiro atoms. The summed E-state index contributed by atoms with van der Waals surface area (Å²) in [6.07, 6.45) is 1.52. The maximum Gasteiger partial charge on any atom is 0.251 e. The predicted octanol–water partition coefficient (Wildman–Crippen LogP) is 2.28. The zero-order valence-corrected chi connectivity index (χ0v) is 11.9. The van der Waals surface area contributed by atoms with Gasteiger partial charge in [-0.1, -0.05) is 38.1 Å². The molecule has 0 unspecified atom stereocenters. The highest BCUT2D eigenvalue weighted by Gasteiger charge is 2.30. The summed E-state index contributed by atoms with van der Waals surface area (Å²) in [7, 11) is 0. The fourth-order valence-corrected chi connectivity index (χ4v) is 2.65. The summed E-state index contributed by atoms with van der Waals surface area (Å²) in [6.45, 7) is 4.51. The molecule has 0 bridgehead atoms. The lowest BCUT2D eigenvalue weighted by molar-refractivity contribution is 0.0978. The molecule has 0 atom stereocenters. The van der Waals surface area contributed by atoms with Gasteiger partial charge in [0.25, 0.3) is 5.56 Å². The van der Waals surface area contributed by atoms with Crippen LogP contribution in [0.25, 0.3) is 0 Å². The highest BCUT2D eigenvalue weighted by molar-refractivity contribution is 6.28. The molecule has 0 saturated carbocycles. The number of hydrogen-bond acceptors (Lipinski definition) is 3. The van der Waals surface area contributed by atoms with Crippen molar-refractivity contribution in [1.29, 1.82) is 0 Å². The van der Waals surface area contributed by atoms with Crippen molar-refractivity contribution in [2.75, 3.05) is 0 Å². The van der Waals surface area contributed by atoms with Crippen LogP contribution in [0.4, 0.5) is 0 Å². The van der Waals surface area contributed by atoms with Crippen LogP contribution in [0.5, 0.6) is 0 Å². The van der Waals surface area contributed by atoms with Crippen LogP contribution >= 0.6 is 0 Å². The first kappa shape index (κ1) is 13.5. The topological polar surface area (TPSA) is 56.1 Å². The number of carbonyl (C=O) groups excluding carboxylic acids is 2. The van der Waals surface area contributed by atoms with E-state index < -0.39 is 0 Å². The number of benzene rings is 1. The van der Waals surface area contributed by atoms with Crippen LogP contribution in [0.2, 0.25) is 0 Å². The number of nitrogens with zero attached hydrogens (tertiary/aromatic N) is 1. The van der Waals surface area contributed by atoms with Gasteiger partial charge in [-0.2, -0.15) is 0 Å². The minimum atomic E-state index is -0.256. The zero-order valence-electron chi connectivity index (χ0n) is 11.9. The Morgan fingerprint density at radius 3 is 2.05 bits per heavy atom. The molecule has 106 valence electrons. The van der Waals surface area contributed by atoms with E-state index in [9.17, 15) is 14.4 Å². The van der Waals surface area contributed by atoms with E-state index in [0.29, 0.717) is 23.2 Å². The highest BCUT2D eigenvalue weighted by Crippen LogP contribution is 2.26. The van der Waals surface area contributed by atoms with Gasteiger partial charge in [-0.3, -0.25) is 14.4 Å². The van der Waals surface area contributed by atoms with E-state index in [-0.39, 0.29) is 28.6 Å². The normalized spacial score (nSPS) is 13.3. The molecule has 4 heteroatoms. The van der Waals surface area contributed by atoms with Crippen molar-refractivity contribution in [3.8, 4) is 0 Å². The fourth-order valence-electron chi connectivity index (χ4n) is 2.65. The molecule has 3 rings (SSSR count). The number of hydrogen-bond donors (Lipinski definition) is 0. The first-order valence-corrected chi connectivity index (χ1v) is 6.92. The van der Waals surface area contributed by atoms with Crippen molar-refractivity contribution in [2.24, 2.45) is 5.92 Å². The average molecular weight is 281 g/mol. The van der Waals surface area contributed by atoms with Gasteiger partial charge in [0, 0.05) is 35.5 Å². The molecule has 1 aliphatic rings. The van der Waals surface area contributed by atoms with Crippen molar-refractivity contribution in [2.45, 2.75) is 20.4 Å². The Kier molecular flexibility index (Phi) is 3.09. The van der Waals surface area contributed by atoms with Crippen LogP contribution in [0.1, 0.15) is 45.7 Å². The lowest BCUT2D eigenvalue weighted by atomic mass is 9.85. The Labute approximate surface area is 122 Å². The van der Waals surface area contributed by atoms with E-state index >= 15 is 0 Å². The van der Waals surface area contributed by atoms with Crippen molar-refractivity contribution in [3.63, 3.8) is 0 Å². The third-order valence-electron chi connectivity index (χ3n) is 3.59. The number of aromatic nitrogens is 1. The maximum atomic E-state index is 12.5. The van der Waals surface area contributed by atoms with Gasteiger partial charge in [-0.15, -0.1) is 0 Å². The van der Waals surface area contributed by atoms with Crippen molar-refractivity contribution in [3.05, 3.63) is 69.1 Å². The molecule has 0 N–H and O–H groups in total. The van der Waals surface area contributed by atoms with E-state index in [2.05, 4.69) is 0 Å². The van der Waals surface area contributed by atoms with Crippen LogP contribution in [0.15, 0.2) is 41.3 Å². The second kappa shape index (κ2) is 4.81. The molecule has 1 aromatic carbocycles. The Bertz CT molecular complexity index is 815. The average Bonchev–Trinajstić information content (AvgIpc) is 2.46. The van der Waals surface area contributed by atoms with E-state index in [1.165, 1.54) is 16.8 Å². The zero-order chi connectivity index (χ0) is 15.1. The quantitative estimate of drug-likeness (QED) is 0.724. The standard InChI is InChI=1S/C17H15NO3/c1-10(2)8-18-9-14-13(7-15(18)19)16(20)11-5-3-4-6-12(11)17(14)21/h3-7,9-10H,8H2,1-2H3. The van der Waals surface area contributed by atoms with Gasteiger partial charge < -0.3 is 4.57 Å². The molecule has 0 amide bonds. The summed E-state index contributed by atoms with van der Waals surface area (Å²) in [4.78, 5) is 37.1. The summed E-state index contributed by atoms with van der Waals surface area (Å²) >= 11 is 0. The second-order valence-electron chi connectivity index (χ2n) is 5.69. The van der Waals surface area contributed by atoms with Gasteiger partial charge in [0.05, 0.1) is 5.56 Å². The van der Waals surface area contributed by atoms with E-state index in [4.69, 9.17) is 0 Å². The Balaban J connectivity index is 2.21. The maximum absolute atomic E-state index is 12.5. The molecule has 0 aliphatic heterocycles. The Morgan fingerprint density at radius 1 is 0.905 bits per heavy atom. The molecule has 4 nitrogen and oxygen atoms in total. The van der Waals surface area contributed by atoms with Crippen LogP contribution in [-0.4, -0.2) is 16.1 Å². The van der Waals surface area contributed by atoms with E-state index in [1.807, 2.05) is 13.8 Å². The summed E-state index contributed by atoms with van der Waals surface area (Å²) in [5.41, 5.74) is 1.06. The first-order valence-electron chi connectivity index (χ1n) is 6.92. The molecule has 1 aromatic heterocycles. The van der Waals surface area contributed by atoms with Crippen molar-refractivity contribution in [1.82, 2.24) is 4.57 Å². The first-order chi connectivity index (χ1) is 9.99. The summed E-state index contributed by atoms with van der Waals surface area (Å²) < 4.78 is 1.50. The van der Waals surface area contributed by atoms with Gasteiger partial charge in [0.2, 0.25) is 0 Å². The number of carbonyl (C=O) groups is 2. The van der Waals surface area contributed by atoms with Crippen LogP contribution in [-0.2, 0) is 6.54 Å². The lowest BCUT2D eigenvalue weighted by Gasteiger charge is -2.19. The van der Waals surface area contributed by atoms with E-state index in [0.717, 1.165) is 0 Å². The molecular formula is C17H15NO3. The van der Waals surface area contributed by atoms with Gasteiger partial charge in [-0.25, -0.2) is 0 Å². The van der Waals surface area contributed by atoms with Crippen LogP contribution < -0.4 is 5.56 Å². The molecule has 21 heavy (non-hydrogen) atoms. The summed E-state index contributed by atoms with van der Waals surface area (Å²) in [6, 6.07) is 8.01. The summed E-state index contributed by atoms with van der Waals surface area (Å²) in [5, 5.41) is 0. The second-order valence-corrected chi connectivity index (χ2v) is 5.69. The van der Waals surface area contributed by atoms with E-state index in [1.54, 1.807) is 24.3 Å². The molecule has 1 heterocycles. The van der Waals surface area contributed by atoms with Gasteiger partial charge in [0.15, 0.2) is 11.6 Å². The number of rotatable bonds is 2. The highest BCUT2D eigenvalue weighted by atomic mass is 16.1. The number of ketones is 2. The van der Waals surface area contributed by atoms with Crippen LogP contribution in [0.3, 0.4) is 0 Å². The Morgan fingerprint density at radius 2 is 1.48 bits per heavy atom. The molecule has 0 fully saturated rings. The largest absolute Gasteiger partial charge is 0.314 e. The lowest BCUT2D eigenvalue weighted by Crippen LogP contribution is -2.29. The fraction of sp³-hybridized carbons (Fsp3) is 0.235. The predicted molar refractivity (Wildman–Crippen MR) is 78.8 cm³/mol. The molecule has 0 saturated heterocycles. The summed E-state index contributed by atoms with van der Waals surface area (Å²) in [5.74, 6) is -0.172. The molecule has 1 aliphatic carbocycles. The van der Waals surface area contributed by atoms with Crippen molar-refractivity contribution >= 4 is 11.6 Å². The molecule has 0 radical (unpaired) electrons. The smallest absolute Gasteiger partial charge is 0.251 e.